The number of hydrogen-bond acceptors (Lipinski definition) is 2. The SMILES string of the molecule is CCOc1ccc(C(=O)N(CCBr)C(C)C)cc1. The van der Waals surface area contributed by atoms with Gasteiger partial charge in [0, 0.05) is 23.5 Å². The van der Waals surface area contributed by atoms with Crippen LogP contribution in [0.2, 0.25) is 0 Å². The molecular formula is C14H20BrNO2. The largest absolute Gasteiger partial charge is 0.494 e. The summed E-state index contributed by atoms with van der Waals surface area (Å²) in [5.41, 5.74) is 0.702. The van der Waals surface area contributed by atoms with Crippen LogP contribution in [0.5, 0.6) is 5.75 Å². The van der Waals surface area contributed by atoms with Gasteiger partial charge in [-0.3, -0.25) is 4.79 Å². The van der Waals surface area contributed by atoms with E-state index in [1.54, 1.807) is 0 Å². The van der Waals surface area contributed by atoms with Crippen LogP contribution in [0.15, 0.2) is 24.3 Å². The lowest BCUT2D eigenvalue weighted by Crippen LogP contribution is -2.38. The van der Waals surface area contributed by atoms with Crippen LogP contribution in [0.25, 0.3) is 0 Å². The summed E-state index contributed by atoms with van der Waals surface area (Å²) in [6.45, 7) is 7.33. The van der Waals surface area contributed by atoms with Crippen LogP contribution in [-0.2, 0) is 0 Å². The molecule has 4 heteroatoms. The smallest absolute Gasteiger partial charge is 0.254 e. The molecule has 100 valence electrons. The van der Waals surface area contributed by atoms with Crippen molar-refractivity contribution in [1.82, 2.24) is 4.90 Å². The van der Waals surface area contributed by atoms with Crippen molar-refractivity contribution in [2.75, 3.05) is 18.5 Å². The molecule has 0 aliphatic carbocycles. The first-order chi connectivity index (χ1) is 8.60. The molecule has 0 radical (unpaired) electrons. The zero-order valence-electron chi connectivity index (χ0n) is 11.1. The number of nitrogens with zero attached hydrogens (tertiary/aromatic N) is 1. The average Bonchev–Trinajstić information content (AvgIpc) is 2.36. The molecule has 0 spiro atoms. The highest BCUT2D eigenvalue weighted by Gasteiger charge is 2.17. The second kappa shape index (κ2) is 7.41. The van der Waals surface area contributed by atoms with Crippen molar-refractivity contribution < 1.29 is 9.53 Å². The van der Waals surface area contributed by atoms with Gasteiger partial charge >= 0.3 is 0 Å². The number of ether oxygens (including phenoxy) is 1. The van der Waals surface area contributed by atoms with Crippen LogP contribution in [0, 0.1) is 0 Å². The molecule has 0 aliphatic rings. The Bertz CT molecular complexity index is 376. The summed E-state index contributed by atoms with van der Waals surface area (Å²) in [5.74, 6) is 0.859. The van der Waals surface area contributed by atoms with Gasteiger partial charge in [0.25, 0.3) is 5.91 Å². The summed E-state index contributed by atoms with van der Waals surface area (Å²) < 4.78 is 5.36. The zero-order valence-corrected chi connectivity index (χ0v) is 12.7. The molecule has 0 atom stereocenters. The number of carbonyl (C=O) groups excluding carboxylic acids is 1. The van der Waals surface area contributed by atoms with Crippen LogP contribution in [-0.4, -0.2) is 35.3 Å². The normalized spacial score (nSPS) is 10.5. The molecule has 0 fully saturated rings. The molecule has 1 amide bonds. The lowest BCUT2D eigenvalue weighted by molar-refractivity contribution is 0.0719. The van der Waals surface area contributed by atoms with Crippen LogP contribution in [0.4, 0.5) is 0 Å². The molecule has 1 rings (SSSR count). The quantitative estimate of drug-likeness (QED) is 0.754. The second-order valence-electron chi connectivity index (χ2n) is 4.24. The van der Waals surface area contributed by atoms with Gasteiger partial charge in [0.2, 0.25) is 0 Å². The van der Waals surface area contributed by atoms with Crippen molar-refractivity contribution in [3.05, 3.63) is 29.8 Å². The first kappa shape index (κ1) is 15.0. The van der Waals surface area contributed by atoms with Crippen molar-refractivity contribution in [2.45, 2.75) is 26.8 Å². The zero-order chi connectivity index (χ0) is 13.5. The van der Waals surface area contributed by atoms with Crippen LogP contribution in [0.3, 0.4) is 0 Å². The number of benzene rings is 1. The summed E-state index contributed by atoms with van der Waals surface area (Å²) >= 11 is 3.38. The number of carbonyl (C=O) groups is 1. The van der Waals surface area contributed by atoms with Crippen molar-refractivity contribution >= 4 is 21.8 Å². The Morgan fingerprint density at radius 3 is 2.39 bits per heavy atom. The molecule has 0 bridgehead atoms. The Hall–Kier alpha value is -1.03. The van der Waals surface area contributed by atoms with E-state index in [1.807, 2.05) is 49.9 Å². The predicted octanol–water partition coefficient (Wildman–Crippen LogP) is 3.33. The van der Waals surface area contributed by atoms with Gasteiger partial charge in [-0.05, 0) is 45.0 Å². The predicted molar refractivity (Wildman–Crippen MR) is 77.6 cm³/mol. The van der Waals surface area contributed by atoms with E-state index < -0.39 is 0 Å². The van der Waals surface area contributed by atoms with E-state index in [0.29, 0.717) is 18.7 Å². The van der Waals surface area contributed by atoms with Crippen molar-refractivity contribution in [3.63, 3.8) is 0 Å². The van der Waals surface area contributed by atoms with E-state index in [-0.39, 0.29) is 11.9 Å². The molecule has 0 heterocycles. The highest BCUT2D eigenvalue weighted by molar-refractivity contribution is 9.09. The molecular weight excluding hydrogens is 294 g/mol. The maximum absolute atomic E-state index is 12.3. The first-order valence-corrected chi connectivity index (χ1v) is 7.32. The molecule has 1 aromatic rings. The Morgan fingerprint density at radius 2 is 1.94 bits per heavy atom. The van der Waals surface area contributed by atoms with E-state index >= 15 is 0 Å². The van der Waals surface area contributed by atoms with E-state index in [9.17, 15) is 4.79 Å². The van der Waals surface area contributed by atoms with E-state index in [1.165, 1.54) is 0 Å². The van der Waals surface area contributed by atoms with Gasteiger partial charge in [0.05, 0.1) is 6.61 Å². The lowest BCUT2D eigenvalue weighted by atomic mass is 10.1. The van der Waals surface area contributed by atoms with Gasteiger partial charge in [-0.15, -0.1) is 0 Å². The molecule has 3 nitrogen and oxygen atoms in total. The van der Waals surface area contributed by atoms with E-state index in [0.717, 1.165) is 11.1 Å². The molecule has 0 saturated carbocycles. The van der Waals surface area contributed by atoms with Crippen molar-refractivity contribution in [3.8, 4) is 5.75 Å². The van der Waals surface area contributed by atoms with E-state index in [4.69, 9.17) is 4.74 Å². The molecule has 1 aromatic carbocycles. The Labute approximate surface area is 117 Å². The summed E-state index contributed by atoms with van der Waals surface area (Å²) in [6, 6.07) is 7.50. The summed E-state index contributed by atoms with van der Waals surface area (Å²) in [7, 11) is 0. The number of halogens is 1. The standard InChI is InChI=1S/C14H20BrNO2/c1-4-18-13-7-5-12(6-8-13)14(17)16(10-9-15)11(2)3/h5-8,11H,4,9-10H2,1-3H3. The first-order valence-electron chi connectivity index (χ1n) is 6.20. The third kappa shape index (κ3) is 4.02. The van der Waals surface area contributed by atoms with Crippen LogP contribution < -0.4 is 4.74 Å². The van der Waals surface area contributed by atoms with Crippen molar-refractivity contribution in [1.29, 1.82) is 0 Å². The van der Waals surface area contributed by atoms with Gasteiger partial charge in [-0.25, -0.2) is 0 Å². The molecule has 0 saturated heterocycles. The molecule has 0 unspecified atom stereocenters. The number of hydrogen-bond donors (Lipinski definition) is 0. The summed E-state index contributed by atoms with van der Waals surface area (Å²) in [6.07, 6.45) is 0. The Balaban J connectivity index is 2.81. The molecule has 0 N–H and O–H groups in total. The fourth-order valence-electron chi connectivity index (χ4n) is 1.71. The van der Waals surface area contributed by atoms with Gasteiger partial charge in [-0.1, -0.05) is 15.9 Å². The van der Waals surface area contributed by atoms with E-state index in [2.05, 4.69) is 15.9 Å². The molecule has 0 aromatic heterocycles. The monoisotopic (exact) mass is 313 g/mol. The molecule has 0 aliphatic heterocycles. The minimum absolute atomic E-state index is 0.0625. The fourth-order valence-corrected chi connectivity index (χ4v) is 2.09. The minimum atomic E-state index is 0.0625. The fraction of sp³-hybridized carbons (Fsp3) is 0.500. The highest BCUT2D eigenvalue weighted by atomic mass is 79.9. The van der Waals surface area contributed by atoms with Crippen LogP contribution in [0.1, 0.15) is 31.1 Å². The number of alkyl halides is 1. The third-order valence-corrected chi connectivity index (χ3v) is 2.98. The Kier molecular flexibility index (Phi) is 6.19. The topological polar surface area (TPSA) is 29.5 Å². The number of amides is 1. The van der Waals surface area contributed by atoms with Crippen molar-refractivity contribution in [2.24, 2.45) is 0 Å². The highest BCUT2D eigenvalue weighted by Crippen LogP contribution is 2.15. The van der Waals surface area contributed by atoms with Gasteiger partial charge in [0.15, 0.2) is 0 Å². The Morgan fingerprint density at radius 1 is 1.33 bits per heavy atom. The van der Waals surface area contributed by atoms with Crippen LogP contribution >= 0.6 is 15.9 Å². The van der Waals surface area contributed by atoms with Gasteiger partial charge in [0.1, 0.15) is 5.75 Å². The minimum Gasteiger partial charge on any atom is -0.494 e. The number of rotatable bonds is 6. The maximum Gasteiger partial charge on any atom is 0.254 e. The summed E-state index contributed by atoms with van der Waals surface area (Å²) in [5, 5.41) is 0.786. The third-order valence-electron chi connectivity index (χ3n) is 2.62. The maximum atomic E-state index is 12.3. The lowest BCUT2D eigenvalue weighted by Gasteiger charge is -2.26. The van der Waals surface area contributed by atoms with Gasteiger partial charge < -0.3 is 9.64 Å². The summed E-state index contributed by atoms with van der Waals surface area (Å²) in [4.78, 5) is 14.2. The molecule has 18 heavy (non-hydrogen) atoms. The van der Waals surface area contributed by atoms with Gasteiger partial charge in [-0.2, -0.15) is 0 Å². The second-order valence-corrected chi connectivity index (χ2v) is 5.03. The average molecular weight is 314 g/mol.